The molecular formula is C17H24N4O2. The second-order valence-electron chi connectivity index (χ2n) is 5.23. The van der Waals surface area contributed by atoms with Gasteiger partial charge in [0.15, 0.2) is 5.96 Å². The van der Waals surface area contributed by atoms with Crippen molar-refractivity contribution < 1.29 is 9.15 Å². The minimum Gasteiger partial charge on any atom is -0.492 e. The molecule has 0 saturated carbocycles. The standard InChI is InChI=1S/C17H24N4O2/c1-13-14(2)23-16(20-13)12-19-17(18-3)21(4)10-11-22-15-8-6-5-7-9-15/h5-9H,10-12H2,1-4H3,(H,18,19). The van der Waals surface area contributed by atoms with E-state index in [9.17, 15) is 0 Å². The summed E-state index contributed by atoms with van der Waals surface area (Å²) >= 11 is 0. The fraction of sp³-hybridized carbons (Fsp3) is 0.412. The summed E-state index contributed by atoms with van der Waals surface area (Å²) in [5, 5.41) is 3.24. The number of aryl methyl sites for hydroxylation is 2. The van der Waals surface area contributed by atoms with Crippen molar-refractivity contribution in [3.05, 3.63) is 47.7 Å². The van der Waals surface area contributed by atoms with Crippen LogP contribution in [0.15, 0.2) is 39.7 Å². The van der Waals surface area contributed by atoms with Gasteiger partial charge in [0, 0.05) is 14.1 Å². The second-order valence-corrected chi connectivity index (χ2v) is 5.23. The zero-order chi connectivity index (χ0) is 16.7. The molecule has 0 amide bonds. The van der Waals surface area contributed by atoms with Crippen molar-refractivity contribution in [2.24, 2.45) is 4.99 Å². The number of hydrogen-bond donors (Lipinski definition) is 1. The summed E-state index contributed by atoms with van der Waals surface area (Å²) in [4.78, 5) is 10.6. The van der Waals surface area contributed by atoms with Gasteiger partial charge in [-0.05, 0) is 26.0 Å². The van der Waals surface area contributed by atoms with E-state index in [2.05, 4.69) is 15.3 Å². The average Bonchev–Trinajstić information content (AvgIpc) is 2.87. The van der Waals surface area contributed by atoms with Crippen molar-refractivity contribution in [2.45, 2.75) is 20.4 Å². The Kier molecular flexibility index (Phi) is 6.02. The van der Waals surface area contributed by atoms with Crippen LogP contribution in [0.4, 0.5) is 0 Å². The molecule has 0 spiro atoms. The Balaban J connectivity index is 1.78. The molecule has 2 aromatic rings. The molecule has 0 aliphatic heterocycles. The number of benzene rings is 1. The molecule has 1 aromatic heterocycles. The molecular weight excluding hydrogens is 292 g/mol. The number of rotatable bonds is 6. The first kappa shape index (κ1) is 16.9. The molecule has 0 unspecified atom stereocenters. The third-order valence-electron chi connectivity index (χ3n) is 3.48. The van der Waals surface area contributed by atoms with Gasteiger partial charge in [-0.15, -0.1) is 0 Å². The van der Waals surface area contributed by atoms with Gasteiger partial charge >= 0.3 is 0 Å². The summed E-state index contributed by atoms with van der Waals surface area (Å²) in [6.07, 6.45) is 0. The molecule has 1 N–H and O–H groups in total. The molecule has 0 aliphatic carbocycles. The summed E-state index contributed by atoms with van der Waals surface area (Å²) < 4.78 is 11.3. The summed E-state index contributed by atoms with van der Waals surface area (Å²) in [5.41, 5.74) is 0.918. The average molecular weight is 316 g/mol. The highest BCUT2D eigenvalue weighted by atomic mass is 16.5. The molecule has 1 heterocycles. The molecule has 0 atom stereocenters. The van der Waals surface area contributed by atoms with Gasteiger partial charge in [-0.2, -0.15) is 0 Å². The number of oxazole rings is 1. The highest BCUT2D eigenvalue weighted by Gasteiger charge is 2.09. The summed E-state index contributed by atoms with van der Waals surface area (Å²) in [6, 6.07) is 9.78. The lowest BCUT2D eigenvalue weighted by atomic mass is 10.3. The predicted molar refractivity (Wildman–Crippen MR) is 90.7 cm³/mol. The number of nitrogens with zero attached hydrogens (tertiary/aromatic N) is 3. The zero-order valence-electron chi connectivity index (χ0n) is 14.2. The first-order valence-corrected chi connectivity index (χ1v) is 7.62. The van der Waals surface area contributed by atoms with Crippen LogP contribution < -0.4 is 10.1 Å². The molecule has 0 saturated heterocycles. The Bertz CT molecular complexity index is 618. The Morgan fingerprint density at radius 1 is 1.30 bits per heavy atom. The van der Waals surface area contributed by atoms with Crippen LogP contribution in [0.3, 0.4) is 0 Å². The number of ether oxygens (including phenoxy) is 1. The van der Waals surface area contributed by atoms with E-state index >= 15 is 0 Å². The summed E-state index contributed by atoms with van der Waals surface area (Å²) in [6.45, 7) is 5.65. The van der Waals surface area contributed by atoms with E-state index in [0.29, 0.717) is 19.0 Å². The van der Waals surface area contributed by atoms with E-state index in [4.69, 9.17) is 9.15 Å². The van der Waals surface area contributed by atoms with Crippen molar-refractivity contribution in [2.75, 3.05) is 27.2 Å². The van der Waals surface area contributed by atoms with Crippen molar-refractivity contribution in [3.63, 3.8) is 0 Å². The van der Waals surface area contributed by atoms with Crippen LogP contribution in [-0.2, 0) is 6.54 Å². The van der Waals surface area contributed by atoms with Crippen LogP contribution in [0.25, 0.3) is 0 Å². The molecule has 0 bridgehead atoms. The van der Waals surface area contributed by atoms with Crippen LogP contribution in [0.5, 0.6) is 5.75 Å². The molecule has 6 heteroatoms. The molecule has 0 aliphatic rings. The van der Waals surface area contributed by atoms with Gasteiger partial charge in [0.25, 0.3) is 0 Å². The first-order chi connectivity index (χ1) is 11.1. The number of guanidine groups is 1. The van der Waals surface area contributed by atoms with Crippen molar-refractivity contribution >= 4 is 5.96 Å². The first-order valence-electron chi connectivity index (χ1n) is 7.62. The van der Waals surface area contributed by atoms with Crippen LogP contribution in [0, 0.1) is 13.8 Å². The highest BCUT2D eigenvalue weighted by molar-refractivity contribution is 5.79. The SMILES string of the molecule is CN=C(NCc1nc(C)c(C)o1)N(C)CCOc1ccccc1. The Hall–Kier alpha value is -2.50. The third kappa shape index (κ3) is 5.02. The van der Waals surface area contributed by atoms with Gasteiger partial charge in [0.1, 0.15) is 18.1 Å². The van der Waals surface area contributed by atoms with Crippen LogP contribution >= 0.6 is 0 Å². The number of para-hydroxylation sites is 1. The monoisotopic (exact) mass is 316 g/mol. The zero-order valence-corrected chi connectivity index (χ0v) is 14.2. The van der Waals surface area contributed by atoms with Gasteiger partial charge in [-0.25, -0.2) is 4.98 Å². The minimum atomic E-state index is 0.505. The van der Waals surface area contributed by atoms with Gasteiger partial charge in [-0.3, -0.25) is 4.99 Å². The number of aromatic nitrogens is 1. The Labute approximate surface area is 137 Å². The lowest BCUT2D eigenvalue weighted by molar-refractivity contribution is 0.281. The lowest BCUT2D eigenvalue weighted by Crippen LogP contribution is -2.40. The number of aliphatic imine (C=N–C) groups is 1. The Morgan fingerprint density at radius 2 is 2.04 bits per heavy atom. The topological polar surface area (TPSA) is 62.9 Å². The van der Waals surface area contributed by atoms with E-state index < -0.39 is 0 Å². The molecule has 1 aromatic carbocycles. The van der Waals surface area contributed by atoms with Crippen LogP contribution in [0.1, 0.15) is 17.3 Å². The maximum Gasteiger partial charge on any atom is 0.214 e. The fourth-order valence-electron chi connectivity index (χ4n) is 2.08. The predicted octanol–water partition coefficient (Wildman–Crippen LogP) is 2.38. The normalized spacial score (nSPS) is 11.4. The van der Waals surface area contributed by atoms with Gasteiger partial charge in [0.2, 0.25) is 5.89 Å². The van der Waals surface area contributed by atoms with Crippen LogP contribution in [0.2, 0.25) is 0 Å². The summed E-state index contributed by atoms with van der Waals surface area (Å²) in [5.74, 6) is 3.15. The lowest BCUT2D eigenvalue weighted by Gasteiger charge is -2.21. The molecule has 124 valence electrons. The fourth-order valence-corrected chi connectivity index (χ4v) is 2.08. The Morgan fingerprint density at radius 3 is 2.65 bits per heavy atom. The van der Waals surface area contributed by atoms with Crippen molar-refractivity contribution in [1.29, 1.82) is 0 Å². The molecule has 23 heavy (non-hydrogen) atoms. The quantitative estimate of drug-likeness (QED) is 0.655. The van der Waals surface area contributed by atoms with E-state index in [-0.39, 0.29) is 0 Å². The maximum absolute atomic E-state index is 5.70. The van der Waals surface area contributed by atoms with E-state index in [0.717, 1.165) is 29.7 Å². The number of hydrogen-bond acceptors (Lipinski definition) is 4. The summed E-state index contributed by atoms with van der Waals surface area (Å²) in [7, 11) is 3.72. The minimum absolute atomic E-state index is 0.505. The molecule has 6 nitrogen and oxygen atoms in total. The van der Waals surface area contributed by atoms with E-state index in [1.165, 1.54) is 0 Å². The largest absolute Gasteiger partial charge is 0.492 e. The number of nitrogens with one attached hydrogen (secondary N) is 1. The molecule has 2 rings (SSSR count). The molecule has 0 radical (unpaired) electrons. The maximum atomic E-state index is 5.70. The smallest absolute Gasteiger partial charge is 0.214 e. The van der Waals surface area contributed by atoms with Gasteiger partial charge in [0.05, 0.1) is 18.8 Å². The number of likely N-dealkylation sites (N-methyl/N-ethyl adjacent to an activating group) is 1. The van der Waals surface area contributed by atoms with E-state index in [1.54, 1.807) is 7.05 Å². The third-order valence-corrected chi connectivity index (χ3v) is 3.48. The van der Waals surface area contributed by atoms with Gasteiger partial charge < -0.3 is 19.4 Å². The van der Waals surface area contributed by atoms with Gasteiger partial charge in [-0.1, -0.05) is 18.2 Å². The molecule has 0 fully saturated rings. The van der Waals surface area contributed by atoms with Crippen molar-refractivity contribution in [3.8, 4) is 5.75 Å². The van der Waals surface area contributed by atoms with E-state index in [1.807, 2.05) is 56.1 Å². The second kappa shape index (κ2) is 8.22. The van der Waals surface area contributed by atoms with Crippen molar-refractivity contribution in [1.82, 2.24) is 15.2 Å². The highest BCUT2D eigenvalue weighted by Crippen LogP contribution is 2.09. The van der Waals surface area contributed by atoms with Crippen LogP contribution in [-0.4, -0.2) is 43.1 Å².